The van der Waals surface area contributed by atoms with E-state index in [2.05, 4.69) is 25.8 Å². The molecule has 112 valence electrons. The first kappa shape index (κ1) is 15.8. The number of hydrogen-bond donors (Lipinski definition) is 0. The molecular formula is C17H19ClFNO. The van der Waals surface area contributed by atoms with Crippen LogP contribution in [0.4, 0.5) is 4.39 Å². The summed E-state index contributed by atoms with van der Waals surface area (Å²) in [5, 5.41) is 0. The number of ether oxygens (including phenoxy) is 1. The van der Waals surface area contributed by atoms with Crippen LogP contribution >= 0.6 is 11.6 Å². The van der Waals surface area contributed by atoms with Crippen molar-refractivity contribution < 1.29 is 9.13 Å². The van der Waals surface area contributed by atoms with E-state index in [1.165, 1.54) is 12.1 Å². The van der Waals surface area contributed by atoms with E-state index in [0.717, 1.165) is 16.8 Å². The molecule has 2 nitrogen and oxygen atoms in total. The number of aromatic nitrogens is 1. The van der Waals surface area contributed by atoms with Crippen LogP contribution in [0.1, 0.15) is 37.6 Å². The minimum atomic E-state index is -0.280. The Bertz CT molecular complexity index is 650. The SMILES string of the molecule is Cc1cc(F)ccc1Oc1cc(CCl)cc(C(C)(C)C)n1. The molecule has 0 spiro atoms. The quantitative estimate of drug-likeness (QED) is 0.712. The molecule has 0 amide bonds. The van der Waals surface area contributed by atoms with Gasteiger partial charge in [-0.25, -0.2) is 9.37 Å². The second-order valence-electron chi connectivity index (χ2n) is 6.09. The van der Waals surface area contributed by atoms with Gasteiger partial charge >= 0.3 is 0 Å². The number of halogens is 2. The van der Waals surface area contributed by atoms with Gasteiger partial charge in [0, 0.05) is 17.4 Å². The lowest BCUT2D eigenvalue weighted by Crippen LogP contribution is -2.14. The van der Waals surface area contributed by atoms with Crippen LogP contribution in [0, 0.1) is 12.7 Å². The number of benzene rings is 1. The maximum atomic E-state index is 13.1. The zero-order chi connectivity index (χ0) is 15.6. The topological polar surface area (TPSA) is 22.1 Å². The molecule has 0 saturated heterocycles. The van der Waals surface area contributed by atoms with Crippen LogP contribution in [0.25, 0.3) is 0 Å². The van der Waals surface area contributed by atoms with Gasteiger partial charge in [0.2, 0.25) is 5.88 Å². The predicted octanol–water partition coefficient (Wildman–Crippen LogP) is 5.36. The number of aryl methyl sites for hydroxylation is 1. The molecule has 0 saturated carbocycles. The minimum Gasteiger partial charge on any atom is -0.439 e. The number of nitrogens with zero attached hydrogens (tertiary/aromatic N) is 1. The smallest absolute Gasteiger partial charge is 0.219 e. The molecular weight excluding hydrogens is 289 g/mol. The first-order chi connectivity index (χ1) is 9.79. The highest BCUT2D eigenvalue weighted by Gasteiger charge is 2.18. The van der Waals surface area contributed by atoms with E-state index in [0.29, 0.717) is 17.5 Å². The van der Waals surface area contributed by atoms with Crippen molar-refractivity contribution in [1.29, 1.82) is 0 Å². The number of hydrogen-bond acceptors (Lipinski definition) is 2. The van der Waals surface area contributed by atoms with Gasteiger partial charge < -0.3 is 4.74 Å². The maximum Gasteiger partial charge on any atom is 0.219 e. The average Bonchev–Trinajstić information content (AvgIpc) is 2.40. The lowest BCUT2D eigenvalue weighted by molar-refractivity contribution is 0.446. The molecule has 2 aromatic rings. The molecule has 0 fully saturated rings. The normalized spacial score (nSPS) is 11.5. The molecule has 0 atom stereocenters. The van der Waals surface area contributed by atoms with E-state index in [1.807, 2.05) is 12.1 Å². The van der Waals surface area contributed by atoms with Gasteiger partial charge in [0.25, 0.3) is 0 Å². The van der Waals surface area contributed by atoms with E-state index in [1.54, 1.807) is 13.0 Å². The molecule has 21 heavy (non-hydrogen) atoms. The van der Waals surface area contributed by atoms with Gasteiger partial charge in [0.15, 0.2) is 0 Å². The Balaban J connectivity index is 2.39. The van der Waals surface area contributed by atoms with Gasteiger partial charge in [-0.1, -0.05) is 20.8 Å². The van der Waals surface area contributed by atoms with Crippen molar-refractivity contribution >= 4 is 11.6 Å². The Morgan fingerprint density at radius 3 is 2.48 bits per heavy atom. The molecule has 2 rings (SSSR count). The second-order valence-corrected chi connectivity index (χ2v) is 6.36. The highest BCUT2D eigenvalue weighted by Crippen LogP contribution is 2.29. The highest BCUT2D eigenvalue weighted by molar-refractivity contribution is 6.17. The molecule has 0 aliphatic heterocycles. The standard InChI is InChI=1S/C17H19ClFNO/c1-11-7-13(19)5-6-14(11)21-16-9-12(10-18)8-15(20-16)17(2,3)4/h5-9H,10H2,1-4H3. The zero-order valence-electron chi connectivity index (χ0n) is 12.7. The number of pyridine rings is 1. The first-order valence-corrected chi connectivity index (χ1v) is 7.34. The minimum absolute atomic E-state index is 0.0992. The van der Waals surface area contributed by atoms with Crippen LogP contribution in [0.3, 0.4) is 0 Å². The summed E-state index contributed by atoms with van der Waals surface area (Å²) >= 11 is 5.94. The van der Waals surface area contributed by atoms with Crippen molar-refractivity contribution in [2.45, 2.75) is 39.0 Å². The molecule has 1 aromatic carbocycles. The van der Waals surface area contributed by atoms with Crippen molar-refractivity contribution in [1.82, 2.24) is 4.98 Å². The summed E-state index contributed by atoms with van der Waals surface area (Å²) in [4.78, 5) is 4.54. The molecule has 0 unspecified atom stereocenters. The van der Waals surface area contributed by atoms with Crippen molar-refractivity contribution in [3.05, 3.63) is 53.0 Å². The molecule has 0 radical (unpaired) electrons. The van der Waals surface area contributed by atoms with Crippen LogP contribution < -0.4 is 4.74 Å². The molecule has 0 N–H and O–H groups in total. The van der Waals surface area contributed by atoms with Crippen LogP contribution in [0.15, 0.2) is 30.3 Å². The van der Waals surface area contributed by atoms with E-state index < -0.39 is 0 Å². The average molecular weight is 308 g/mol. The second kappa shape index (κ2) is 6.02. The number of rotatable bonds is 3. The Hall–Kier alpha value is -1.61. The van der Waals surface area contributed by atoms with Gasteiger partial charge in [-0.3, -0.25) is 0 Å². The van der Waals surface area contributed by atoms with E-state index in [9.17, 15) is 4.39 Å². The Labute approximate surface area is 129 Å². The fourth-order valence-corrected chi connectivity index (χ4v) is 2.07. The molecule has 1 heterocycles. The molecule has 0 aliphatic rings. The first-order valence-electron chi connectivity index (χ1n) is 6.81. The van der Waals surface area contributed by atoms with Crippen LogP contribution in [-0.2, 0) is 11.3 Å². The fourth-order valence-electron chi connectivity index (χ4n) is 1.91. The van der Waals surface area contributed by atoms with Crippen LogP contribution in [-0.4, -0.2) is 4.98 Å². The molecule has 1 aromatic heterocycles. The summed E-state index contributed by atoms with van der Waals surface area (Å²) < 4.78 is 18.9. The molecule has 0 aliphatic carbocycles. The third-order valence-corrected chi connectivity index (χ3v) is 3.44. The van der Waals surface area contributed by atoms with Crippen LogP contribution in [0.5, 0.6) is 11.6 Å². The van der Waals surface area contributed by atoms with Crippen molar-refractivity contribution in [2.24, 2.45) is 0 Å². The summed E-state index contributed by atoms with van der Waals surface area (Å²) in [5.41, 5.74) is 2.49. The van der Waals surface area contributed by atoms with E-state index in [4.69, 9.17) is 16.3 Å². The third kappa shape index (κ3) is 3.94. The largest absolute Gasteiger partial charge is 0.439 e. The lowest BCUT2D eigenvalue weighted by Gasteiger charge is -2.19. The van der Waals surface area contributed by atoms with E-state index in [-0.39, 0.29) is 11.2 Å². The zero-order valence-corrected chi connectivity index (χ0v) is 13.5. The third-order valence-electron chi connectivity index (χ3n) is 3.14. The fraction of sp³-hybridized carbons (Fsp3) is 0.353. The molecule has 0 bridgehead atoms. The Kier molecular flexibility index (Phi) is 4.52. The van der Waals surface area contributed by atoms with Crippen LogP contribution in [0.2, 0.25) is 0 Å². The van der Waals surface area contributed by atoms with Gasteiger partial charge in [0.1, 0.15) is 11.6 Å². The monoisotopic (exact) mass is 307 g/mol. The summed E-state index contributed by atoms with van der Waals surface area (Å²) in [6.07, 6.45) is 0. The summed E-state index contributed by atoms with van der Waals surface area (Å²) in [6.45, 7) is 8.05. The maximum absolute atomic E-state index is 13.1. The predicted molar refractivity (Wildman–Crippen MR) is 83.7 cm³/mol. The van der Waals surface area contributed by atoms with Crippen molar-refractivity contribution in [3.8, 4) is 11.6 Å². The van der Waals surface area contributed by atoms with Crippen molar-refractivity contribution in [3.63, 3.8) is 0 Å². The summed E-state index contributed by atoms with van der Waals surface area (Å²) in [7, 11) is 0. The molecule has 4 heteroatoms. The van der Waals surface area contributed by atoms with Gasteiger partial charge in [-0.15, -0.1) is 11.6 Å². The lowest BCUT2D eigenvalue weighted by atomic mass is 9.91. The highest BCUT2D eigenvalue weighted by atomic mass is 35.5. The number of alkyl halides is 1. The summed E-state index contributed by atoms with van der Waals surface area (Å²) in [6, 6.07) is 8.21. The van der Waals surface area contributed by atoms with Crippen molar-refractivity contribution in [2.75, 3.05) is 0 Å². The van der Waals surface area contributed by atoms with Gasteiger partial charge in [-0.05, 0) is 42.3 Å². The summed E-state index contributed by atoms with van der Waals surface area (Å²) in [5.74, 6) is 1.19. The van der Waals surface area contributed by atoms with Gasteiger partial charge in [0.05, 0.1) is 5.69 Å². The Morgan fingerprint density at radius 1 is 1.19 bits per heavy atom. The Morgan fingerprint density at radius 2 is 1.90 bits per heavy atom. The van der Waals surface area contributed by atoms with E-state index >= 15 is 0 Å². The van der Waals surface area contributed by atoms with Gasteiger partial charge in [-0.2, -0.15) is 0 Å².